The average molecular weight is 364 g/mol. The van der Waals surface area contributed by atoms with Crippen molar-refractivity contribution in [3.8, 4) is 0 Å². The third-order valence-electron chi connectivity index (χ3n) is 3.85. The molecule has 6 nitrogen and oxygen atoms in total. The molecular formula is C20H17FN4O2. The number of amides is 2. The number of rotatable bonds is 5. The van der Waals surface area contributed by atoms with Crippen LogP contribution in [0.5, 0.6) is 0 Å². The van der Waals surface area contributed by atoms with Crippen molar-refractivity contribution >= 4 is 23.2 Å². The third-order valence-corrected chi connectivity index (χ3v) is 3.85. The number of halogens is 1. The van der Waals surface area contributed by atoms with Crippen molar-refractivity contribution in [3.05, 3.63) is 89.5 Å². The Morgan fingerprint density at radius 3 is 2.33 bits per heavy atom. The van der Waals surface area contributed by atoms with Crippen LogP contribution in [0.2, 0.25) is 0 Å². The zero-order valence-corrected chi connectivity index (χ0v) is 14.3. The van der Waals surface area contributed by atoms with Gasteiger partial charge in [0.2, 0.25) is 0 Å². The molecule has 1 aromatic heterocycles. The normalized spacial score (nSPS) is 10.3. The van der Waals surface area contributed by atoms with E-state index in [0.717, 1.165) is 11.6 Å². The monoisotopic (exact) mass is 364 g/mol. The van der Waals surface area contributed by atoms with Gasteiger partial charge in [-0.05, 0) is 54.1 Å². The van der Waals surface area contributed by atoms with Gasteiger partial charge in [-0.1, -0.05) is 6.07 Å². The summed E-state index contributed by atoms with van der Waals surface area (Å²) in [6, 6.07) is 13.6. The predicted octanol–water partition coefficient (Wildman–Crippen LogP) is 2.99. The molecule has 2 aromatic carbocycles. The third kappa shape index (κ3) is 4.66. The minimum atomic E-state index is -0.479. The molecule has 27 heavy (non-hydrogen) atoms. The number of nitrogens with one attached hydrogen (secondary N) is 2. The topological polar surface area (TPSA) is 97.1 Å². The molecule has 0 spiro atoms. The van der Waals surface area contributed by atoms with Crippen LogP contribution < -0.4 is 16.4 Å². The van der Waals surface area contributed by atoms with Gasteiger partial charge in [0, 0.05) is 30.1 Å². The molecule has 0 unspecified atom stereocenters. The summed E-state index contributed by atoms with van der Waals surface area (Å²) >= 11 is 0. The number of nitrogen functional groups attached to an aromatic ring is 1. The molecule has 3 rings (SSSR count). The number of carbonyl (C=O) groups excluding carboxylic acids is 2. The molecule has 1 heterocycles. The first kappa shape index (κ1) is 18.1. The first-order chi connectivity index (χ1) is 13.0. The van der Waals surface area contributed by atoms with E-state index in [-0.39, 0.29) is 11.6 Å². The molecule has 0 bridgehead atoms. The molecule has 0 saturated heterocycles. The van der Waals surface area contributed by atoms with E-state index in [1.165, 1.54) is 24.3 Å². The van der Waals surface area contributed by atoms with E-state index in [1.54, 1.807) is 30.6 Å². The smallest absolute Gasteiger partial charge is 0.255 e. The second-order valence-corrected chi connectivity index (χ2v) is 5.81. The Bertz CT molecular complexity index is 959. The molecule has 2 amide bonds. The van der Waals surface area contributed by atoms with Crippen molar-refractivity contribution in [1.29, 1.82) is 0 Å². The molecule has 0 fully saturated rings. The summed E-state index contributed by atoms with van der Waals surface area (Å²) in [6.07, 6.45) is 3.34. The Morgan fingerprint density at radius 2 is 1.70 bits per heavy atom. The van der Waals surface area contributed by atoms with Crippen molar-refractivity contribution in [2.45, 2.75) is 6.54 Å². The molecular weight excluding hydrogens is 347 g/mol. The zero-order chi connectivity index (χ0) is 19.2. The average Bonchev–Trinajstić information content (AvgIpc) is 2.69. The quantitative estimate of drug-likeness (QED) is 0.606. The van der Waals surface area contributed by atoms with Gasteiger partial charge in [0.15, 0.2) is 0 Å². The highest BCUT2D eigenvalue weighted by Crippen LogP contribution is 2.20. The molecule has 4 N–H and O–H groups in total. The van der Waals surface area contributed by atoms with Crippen molar-refractivity contribution in [2.24, 2.45) is 0 Å². The highest BCUT2D eigenvalue weighted by atomic mass is 19.1. The van der Waals surface area contributed by atoms with E-state index in [4.69, 9.17) is 5.73 Å². The van der Waals surface area contributed by atoms with Gasteiger partial charge in [-0.25, -0.2) is 4.39 Å². The van der Waals surface area contributed by atoms with Crippen LogP contribution in [-0.4, -0.2) is 16.8 Å². The fraction of sp³-hybridized carbons (Fsp3) is 0.0500. The standard InChI is InChI=1S/C20H17FN4O2/c21-16-7-8-18(17(22)10-16)25-20(27)15-5-3-14(4-6-15)19(26)24-12-13-2-1-9-23-11-13/h1-11H,12,22H2,(H,24,26)(H,25,27). The van der Waals surface area contributed by atoms with Crippen molar-refractivity contribution in [2.75, 3.05) is 11.1 Å². The predicted molar refractivity (Wildman–Crippen MR) is 101 cm³/mol. The number of anilines is 2. The van der Waals surface area contributed by atoms with E-state index in [0.29, 0.717) is 23.4 Å². The Labute approximate surface area is 155 Å². The number of hydrogen-bond donors (Lipinski definition) is 3. The lowest BCUT2D eigenvalue weighted by Crippen LogP contribution is -2.23. The second-order valence-electron chi connectivity index (χ2n) is 5.81. The van der Waals surface area contributed by atoms with Gasteiger partial charge in [0.1, 0.15) is 5.82 Å². The SMILES string of the molecule is Nc1cc(F)ccc1NC(=O)c1ccc(C(=O)NCc2cccnc2)cc1. The maximum atomic E-state index is 13.1. The number of hydrogen-bond acceptors (Lipinski definition) is 4. The first-order valence-electron chi connectivity index (χ1n) is 8.16. The summed E-state index contributed by atoms with van der Waals surface area (Å²) in [7, 11) is 0. The Morgan fingerprint density at radius 1 is 1.00 bits per heavy atom. The summed E-state index contributed by atoms with van der Waals surface area (Å²) in [4.78, 5) is 28.4. The van der Waals surface area contributed by atoms with Gasteiger partial charge in [0.25, 0.3) is 11.8 Å². The molecule has 0 radical (unpaired) electrons. The minimum Gasteiger partial charge on any atom is -0.397 e. The van der Waals surface area contributed by atoms with Crippen LogP contribution in [0, 0.1) is 5.82 Å². The van der Waals surface area contributed by atoms with Crippen LogP contribution in [0.4, 0.5) is 15.8 Å². The Balaban J connectivity index is 1.62. The Kier molecular flexibility index (Phi) is 5.41. The van der Waals surface area contributed by atoms with Crippen LogP contribution in [0.3, 0.4) is 0 Å². The molecule has 0 aliphatic carbocycles. The maximum Gasteiger partial charge on any atom is 0.255 e. The lowest BCUT2D eigenvalue weighted by molar-refractivity contribution is 0.0949. The molecule has 0 aliphatic rings. The van der Waals surface area contributed by atoms with Crippen LogP contribution in [-0.2, 0) is 6.54 Å². The molecule has 3 aromatic rings. The second kappa shape index (κ2) is 8.09. The van der Waals surface area contributed by atoms with E-state index < -0.39 is 11.7 Å². The van der Waals surface area contributed by atoms with Crippen LogP contribution in [0.25, 0.3) is 0 Å². The molecule has 0 aliphatic heterocycles. The lowest BCUT2D eigenvalue weighted by Gasteiger charge is -2.09. The number of nitrogens with zero attached hydrogens (tertiary/aromatic N) is 1. The summed E-state index contributed by atoms with van der Waals surface area (Å²) in [5, 5.41) is 5.40. The van der Waals surface area contributed by atoms with E-state index in [9.17, 15) is 14.0 Å². The van der Waals surface area contributed by atoms with Crippen molar-refractivity contribution < 1.29 is 14.0 Å². The van der Waals surface area contributed by atoms with Gasteiger partial charge in [0.05, 0.1) is 11.4 Å². The van der Waals surface area contributed by atoms with E-state index >= 15 is 0 Å². The lowest BCUT2D eigenvalue weighted by atomic mass is 10.1. The van der Waals surface area contributed by atoms with Gasteiger partial charge in [-0.2, -0.15) is 0 Å². The van der Waals surface area contributed by atoms with E-state index in [2.05, 4.69) is 15.6 Å². The molecule has 0 saturated carbocycles. The first-order valence-corrected chi connectivity index (χ1v) is 8.16. The molecule has 136 valence electrons. The zero-order valence-electron chi connectivity index (χ0n) is 14.3. The van der Waals surface area contributed by atoms with Crippen LogP contribution in [0.15, 0.2) is 67.0 Å². The fourth-order valence-corrected chi connectivity index (χ4v) is 2.40. The number of aromatic nitrogens is 1. The highest BCUT2D eigenvalue weighted by Gasteiger charge is 2.11. The number of nitrogens with two attached hydrogens (primary N) is 1. The summed E-state index contributed by atoms with van der Waals surface area (Å²) in [5.41, 5.74) is 7.80. The number of benzene rings is 2. The number of carbonyl (C=O) groups is 2. The van der Waals surface area contributed by atoms with Gasteiger partial charge < -0.3 is 16.4 Å². The van der Waals surface area contributed by atoms with Crippen molar-refractivity contribution in [1.82, 2.24) is 10.3 Å². The summed E-state index contributed by atoms with van der Waals surface area (Å²) in [5.74, 6) is -1.14. The molecule has 7 heteroatoms. The summed E-state index contributed by atoms with van der Waals surface area (Å²) in [6.45, 7) is 0.360. The largest absolute Gasteiger partial charge is 0.397 e. The minimum absolute atomic E-state index is 0.134. The van der Waals surface area contributed by atoms with Crippen LogP contribution in [0.1, 0.15) is 26.3 Å². The molecule has 0 atom stereocenters. The van der Waals surface area contributed by atoms with E-state index in [1.807, 2.05) is 6.07 Å². The highest BCUT2D eigenvalue weighted by molar-refractivity contribution is 6.06. The number of pyridine rings is 1. The Hall–Kier alpha value is -3.74. The van der Waals surface area contributed by atoms with Crippen molar-refractivity contribution in [3.63, 3.8) is 0 Å². The summed E-state index contributed by atoms with van der Waals surface area (Å²) < 4.78 is 13.1. The van der Waals surface area contributed by atoms with Gasteiger partial charge >= 0.3 is 0 Å². The van der Waals surface area contributed by atoms with Crippen LogP contribution >= 0.6 is 0 Å². The maximum absolute atomic E-state index is 13.1. The fourth-order valence-electron chi connectivity index (χ4n) is 2.40. The van der Waals surface area contributed by atoms with Gasteiger partial charge in [-0.3, -0.25) is 14.6 Å². The van der Waals surface area contributed by atoms with Gasteiger partial charge in [-0.15, -0.1) is 0 Å².